The second kappa shape index (κ2) is 6.29. The maximum atomic E-state index is 6.02. The fourth-order valence-corrected chi connectivity index (χ4v) is 3.19. The molecule has 0 spiro atoms. The van der Waals surface area contributed by atoms with Gasteiger partial charge in [-0.2, -0.15) is 0 Å². The van der Waals surface area contributed by atoms with Crippen LogP contribution >= 0.6 is 0 Å². The number of fused-ring (bicyclic) bond motifs is 1. The van der Waals surface area contributed by atoms with Gasteiger partial charge in [0.05, 0.1) is 7.11 Å². The molecule has 1 unspecified atom stereocenters. The van der Waals surface area contributed by atoms with E-state index in [1.807, 2.05) is 6.07 Å². The molecule has 3 rings (SSSR count). The average Bonchev–Trinajstić information content (AvgIpc) is 2.91. The predicted octanol–water partition coefficient (Wildman–Crippen LogP) is 2.75. The summed E-state index contributed by atoms with van der Waals surface area (Å²) in [4.78, 5) is 2.46. The van der Waals surface area contributed by atoms with E-state index in [0.717, 1.165) is 25.3 Å². The Hall–Kier alpha value is -1.84. The van der Waals surface area contributed by atoms with Crippen LogP contribution in [0, 0.1) is 0 Å². The highest BCUT2D eigenvalue weighted by atomic mass is 16.5. The molecule has 110 valence electrons. The van der Waals surface area contributed by atoms with Gasteiger partial charge in [0, 0.05) is 31.2 Å². The topological polar surface area (TPSA) is 38.5 Å². The quantitative estimate of drug-likeness (QED) is 0.916. The minimum Gasteiger partial charge on any atom is -0.496 e. The van der Waals surface area contributed by atoms with Crippen LogP contribution in [0.25, 0.3) is 0 Å². The summed E-state index contributed by atoms with van der Waals surface area (Å²) in [6.07, 6.45) is 1.05. The van der Waals surface area contributed by atoms with E-state index in [9.17, 15) is 0 Å². The van der Waals surface area contributed by atoms with Crippen LogP contribution in [0.15, 0.2) is 48.5 Å². The summed E-state index contributed by atoms with van der Waals surface area (Å²) in [6, 6.07) is 17.2. The lowest BCUT2D eigenvalue weighted by molar-refractivity contribution is 0.222. The molecule has 21 heavy (non-hydrogen) atoms. The molecule has 0 aliphatic carbocycles. The van der Waals surface area contributed by atoms with Crippen molar-refractivity contribution in [1.29, 1.82) is 0 Å². The van der Waals surface area contributed by atoms with E-state index in [0.29, 0.717) is 12.6 Å². The Balaban J connectivity index is 1.76. The first-order chi connectivity index (χ1) is 10.3. The van der Waals surface area contributed by atoms with Gasteiger partial charge in [0.15, 0.2) is 0 Å². The van der Waals surface area contributed by atoms with Crippen LogP contribution in [0.1, 0.15) is 22.7 Å². The molecular formula is C18H22N2O. The fourth-order valence-electron chi connectivity index (χ4n) is 3.19. The lowest BCUT2D eigenvalue weighted by atomic mass is 10.0. The Morgan fingerprint density at radius 3 is 2.67 bits per heavy atom. The summed E-state index contributed by atoms with van der Waals surface area (Å²) >= 11 is 0. The number of hydrogen-bond donors (Lipinski definition) is 1. The van der Waals surface area contributed by atoms with E-state index in [-0.39, 0.29) is 0 Å². The number of ether oxygens (including phenoxy) is 1. The Kier molecular flexibility index (Phi) is 4.23. The summed E-state index contributed by atoms with van der Waals surface area (Å²) < 4.78 is 5.49. The molecule has 2 aromatic rings. The SMILES string of the molecule is COc1cccc2c1CN(CCc1ccccc1)C2CN. The van der Waals surface area contributed by atoms with Crippen LogP contribution < -0.4 is 10.5 Å². The van der Waals surface area contributed by atoms with Crippen molar-refractivity contribution in [1.82, 2.24) is 4.90 Å². The molecule has 0 aromatic heterocycles. The highest BCUT2D eigenvalue weighted by molar-refractivity contribution is 5.45. The van der Waals surface area contributed by atoms with E-state index >= 15 is 0 Å². The number of benzene rings is 2. The van der Waals surface area contributed by atoms with Crippen molar-refractivity contribution < 1.29 is 4.74 Å². The first-order valence-corrected chi connectivity index (χ1v) is 7.47. The zero-order valence-corrected chi connectivity index (χ0v) is 12.5. The first-order valence-electron chi connectivity index (χ1n) is 7.47. The minimum absolute atomic E-state index is 0.304. The van der Waals surface area contributed by atoms with Crippen LogP contribution in [0.3, 0.4) is 0 Å². The summed E-state index contributed by atoms with van der Waals surface area (Å²) in [5.41, 5.74) is 10.0. The monoisotopic (exact) mass is 282 g/mol. The zero-order chi connectivity index (χ0) is 14.7. The zero-order valence-electron chi connectivity index (χ0n) is 12.5. The third-order valence-corrected chi connectivity index (χ3v) is 4.30. The van der Waals surface area contributed by atoms with Crippen molar-refractivity contribution in [2.45, 2.75) is 19.0 Å². The minimum atomic E-state index is 0.304. The maximum absolute atomic E-state index is 6.02. The van der Waals surface area contributed by atoms with Crippen LogP contribution in [0.5, 0.6) is 5.75 Å². The second-order valence-corrected chi connectivity index (χ2v) is 5.49. The van der Waals surface area contributed by atoms with Crippen molar-refractivity contribution in [3.8, 4) is 5.75 Å². The van der Waals surface area contributed by atoms with Gasteiger partial charge >= 0.3 is 0 Å². The van der Waals surface area contributed by atoms with Gasteiger partial charge in [-0.1, -0.05) is 42.5 Å². The van der Waals surface area contributed by atoms with Crippen molar-refractivity contribution in [3.05, 3.63) is 65.2 Å². The third kappa shape index (κ3) is 2.80. The summed E-state index contributed by atoms with van der Waals surface area (Å²) in [6.45, 7) is 2.59. The normalized spacial score (nSPS) is 17.7. The van der Waals surface area contributed by atoms with Crippen LogP contribution in [-0.4, -0.2) is 25.1 Å². The molecule has 0 saturated carbocycles. The lowest BCUT2D eigenvalue weighted by Crippen LogP contribution is -2.29. The van der Waals surface area contributed by atoms with Crippen LogP contribution in [0.4, 0.5) is 0 Å². The van der Waals surface area contributed by atoms with E-state index in [2.05, 4.69) is 47.4 Å². The Morgan fingerprint density at radius 1 is 1.14 bits per heavy atom. The van der Waals surface area contributed by atoms with Gasteiger partial charge in [-0.25, -0.2) is 0 Å². The molecule has 3 nitrogen and oxygen atoms in total. The molecule has 1 aliphatic heterocycles. The molecule has 0 bridgehead atoms. The van der Waals surface area contributed by atoms with Crippen molar-refractivity contribution in [3.63, 3.8) is 0 Å². The Morgan fingerprint density at radius 2 is 1.95 bits per heavy atom. The Labute approximate surface area is 126 Å². The number of nitrogens with two attached hydrogens (primary N) is 1. The average molecular weight is 282 g/mol. The molecule has 1 heterocycles. The number of rotatable bonds is 5. The number of nitrogens with zero attached hydrogens (tertiary/aromatic N) is 1. The van der Waals surface area contributed by atoms with Crippen LogP contribution in [0.2, 0.25) is 0 Å². The predicted molar refractivity (Wildman–Crippen MR) is 85.3 cm³/mol. The van der Waals surface area contributed by atoms with E-state index in [1.165, 1.54) is 16.7 Å². The standard InChI is InChI=1S/C18H22N2O/c1-21-18-9-5-8-15-16(18)13-20(17(15)12-19)11-10-14-6-3-2-4-7-14/h2-9,17H,10-13,19H2,1H3. The number of methoxy groups -OCH3 is 1. The van der Waals surface area contributed by atoms with Gasteiger partial charge in [0.25, 0.3) is 0 Å². The van der Waals surface area contributed by atoms with E-state index < -0.39 is 0 Å². The van der Waals surface area contributed by atoms with E-state index in [1.54, 1.807) is 7.11 Å². The molecule has 2 aromatic carbocycles. The van der Waals surface area contributed by atoms with Gasteiger partial charge < -0.3 is 10.5 Å². The lowest BCUT2D eigenvalue weighted by Gasteiger charge is -2.23. The molecule has 1 atom stereocenters. The smallest absolute Gasteiger partial charge is 0.123 e. The molecule has 0 fully saturated rings. The third-order valence-electron chi connectivity index (χ3n) is 4.30. The molecule has 0 saturated heterocycles. The molecule has 2 N–H and O–H groups in total. The van der Waals surface area contributed by atoms with Crippen LogP contribution in [-0.2, 0) is 13.0 Å². The molecular weight excluding hydrogens is 260 g/mol. The summed E-state index contributed by atoms with van der Waals surface area (Å²) in [5, 5.41) is 0. The molecule has 3 heteroatoms. The largest absolute Gasteiger partial charge is 0.496 e. The highest BCUT2D eigenvalue weighted by Gasteiger charge is 2.30. The highest BCUT2D eigenvalue weighted by Crippen LogP contribution is 2.37. The van der Waals surface area contributed by atoms with Gasteiger partial charge in [-0.3, -0.25) is 4.90 Å². The van der Waals surface area contributed by atoms with Gasteiger partial charge in [0.2, 0.25) is 0 Å². The van der Waals surface area contributed by atoms with Crippen molar-refractivity contribution in [2.75, 3.05) is 20.2 Å². The fraction of sp³-hybridized carbons (Fsp3) is 0.333. The summed E-state index contributed by atoms with van der Waals surface area (Å²) in [7, 11) is 1.74. The summed E-state index contributed by atoms with van der Waals surface area (Å²) in [5.74, 6) is 0.980. The van der Waals surface area contributed by atoms with Crippen molar-refractivity contribution in [2.24, 2.45) is 5.73 Å². The molecule has 0 amide bonds. The van der Waals surface area contributed by atoms with Crippen molar-refractivity contribution >= 4 is 0 Å². The molecule has 1 aliphatic rings. The maximum Gasteiger partial charge on any atom is 0.123 e. The van der Waals surface area contributed by atoms with Gasteiger partial charge in [-0.15, -0.1) is 0 Å². The van der Waals surface area contributed by atoms with E-state index in [4.69, 9.17) is 10.5 Å². The molecule has 0 radical (unpaired) electrons. The number of hydrogen-bond acceptors (Lipinski definition) is 3. The van der Waals surface area contributed by atoms with Gasteiger partial charge in [0.1, 0.15) is 5.75 Å². The second-order valence-electron chi connectivity index (χ2n) is 5.49. The van der Waals surface area contributed by atoms with Gasteiger partial charge in [-0.05, 0) is 23.6 Å². The Bertz CT molecular complexity index is 597. The first kappa shape index (κ1) is 14.1.